The summed E-state index contributed by atoms with van der Waals surface area (Å²) >= 11 is 0. The molecule has 0 radical (unpaired) electrons. The number of oxazole rings is 1. The number of allylic oxidation sites excluding steroid dienone is 1. The molecule has 1 aromatic carbocycles. The molecule has 1 aromatic heterocycles. The molecule has 1 heterocycles. The maximum absolute atomic E-state index is 9.10. The average molecular weight is 352 g/mol. The second-order valence-corrected chi connectivity index (χ2v) is 5.20. The lowest BCUT2D eigenvalue weighted by Gasteiger charge is -2.11. The third-order valence-corrected chi connectivity index (χ3v) is 3.10. The first-order valence-electron chi connectivity index (χ1n) is 7.95. The van der Waals surface area contributed by atoms with E-state index in [2.05, 4.69) is 28.7 Å². The van der Waals surface area contributed by atoms with E-state index in [4.69, 9.17) is 19.2 Å². The fraction of sp³-hybridized carbons (Fsp3) is 0.211. The molecule has 7 nitrogen and oxygen atoms in total. The van der Waals surface area contributed by atoms with E-state index in [0.29, 0.717) is 36.2 Å². The summed E-state index contributed by atoms with van der Waals surface area (Å²) in [5.41, 5.74) is 4.20. The lowest BCUT2D eigenvalue weighted by molar-refractivity contribution is 0.297. The third kappa shape index (κ3) is 4.74. The van der Waals surface area contributed by atoms with Gasteiger partial charge < -0.3 is 13.9 Å². The summed E-state index contributed by atoms with van der Waals surface area (Å²) in [5.74, 6) is 1.70. The van der Waals surface area contributed by atoms with Crippen LogP contribution in [0.5, 0.6) is 11.5 Å². The lowest BCUT2D eigenvalue weighted by atomic mass is 10.2. The van der Waals surface area contributed by atoms with E-state index in [9.17, 15) is 0 Å². The number of aromatic nitrogens is 1. The van der Waals surface area contributed by atoms with Crippen LogP contribution in [-0.4, -0.2) is 24.4 Å². The highest BCUT2D eigenvalue weighted by Crippen LogP contribution is 2.28. The van der Waals surface area contributed by atoms with E-state index in [1.54, 1.807) is 31.3 Å². The van der Waals surface area contributed by atoms with Crippen LogP contribution in [0.25, 0.3) is 5.57 Å². The number of nitrogens with zero attached hydrogens (tertiary/aromatic N) is 3. The summed E-state index contributed by atoms with van der Waals surface area (Å²) in [7, 11) is 0. The second-order valence-electron chi connectivity index (χ2n) is 5.20. The van der Waals surface area contributed by atoms with Gasteiger partial charge in [0, 0.05) is 5.57 Å². The molecule has 0 aliphatic rings. The molecule has 0 aliphatic heterocycles. The normalized spacial score (nSPS) is 10.3. The van der Waals surface area contributed by atoms with Gasteiger partial charge in [0.2, 0.25) is 11.6 Å². The van der Waals surface area contributed by atoms with Gasteiger partial charge in [0.1, 0.15) is 12.7 Å². The van der Waals surface area contributed by atoms with Crippen LogP contribution in [0, 0.1) is 11.3 Å². The first-order valence-corrected chi connectivity index (χ1v) is 7.95. The summed E-state index contributed by atoms with van der Waals surface area (Å²) in [6, 6.07) is 7.38. The molecule has 0 spiro atoms. The standard InChI is InChI=1S/C19H20N4O3/c1-5-9-25-16-8-7-14(10-17(16)24-6-2)12-21-23-19-15(11-20)22-18(26-19)13(3)4/h5,7-8,10,12,23H,1,3,6,9H2,2,4H3/b21-12+. The Morgan fingerprint density at radius 1 is 1.42 bits per heavy atom. The van der Waals surface area contributed by atoms with Crippen LogP contribution in [0.1, 0.15) is 31.0 Å². The zero-order valence-corrected chi connectivity index (χ0v) is 14.8. The van der Waals surface area contributed by atoms with E-state index in [1.807, 2.05) is 19.1 Å². The number of hydrogen-bond acceptors (Lipinski definition) is 7. The van der Waals surface area contributed by atoms with Crippen LogP contribution >= 0.6 is 0 Å². The number of hydrazone groups is 1. The Hall–Kier alpha value is -3.53. The van der Waals surface area contributed by atoms with Gasteiger partial charge in [-0.1, -0.05) is 19.2 Å². The van der Waals surface area contributed by atoms with Crippen LogP contribution in [0.15, 0.2) is 47.0 Å². The van der Waals surface area contributed by atoms with Crippen molar-refractivity contribution in [2.24, 2.45) is 5.10 Å². The molecule has 2 rings (SSSR count). The average Bonchev–Trinajstić information content (AvgIpc) is 3.05. The fourth-order valence-electron chi connectivity index (χ4n) is 1.96. The zero-order valence-electron chi connectivity index (χ0n) is 14.8. The molecule has 26 heavy (non-hydrogen) atoms. The summed E-state index contributed by atoms with van der Waals surface area (Å²) in [6.45, 7) is 11.9. The maximum Gasteiger partial charge on any atom is 0.252 e. The molecular formula is C19H20N4O3. The molecule has 0 aliphatic carbocycles. The number of rotatable bonds is 9. The van der Waals surface area contributed by atoms with Crippen molar-refractivity contribution in [2.75, 3.05) is 18.6 Å². The molecule has 7 heteroatoms. The van der Waals surface area contributed by atoms with Crippen molar-refractivity contribution in [3.05, 3.63) is 54.6 Å². The Kier molecular flexibility index (Phi) is 6.57. The lowest BCUT2D eigenvalue weighted by Crippen LogP contribution is -2.00. The van der Waals surface area contributed by atoms with Crippen molar-refractivity contribution in [3.63, 3.8) is 0 Å². The van der Waals surface area contributed by atoms with Crippen molar-refractivity contribution >= 4 is 17.7 Å². The van der Waals surface area contributed by atoms with Crippen molar-refractivity contribution in [2.45, 2.75) is 13.8 Å². The molecule has 1 N–H and O–H groups in total. The molecule has 0 saturated carbocycles. The minimum atomic E-state index is 0.114. The summed E-state index contributed by atoms with van der Waals surface area (Å²) in [5, 5.41) is 13.2. The predicted molar refractivity (Wildman–Crippen MR) is 100 cm³/mol. The van der Waals surface area contributed by atoms with E-state index >= 15 is 0 Å². The van der Waals surface area contributed by atoms with E-state index in [-0.39, 0.29) is 11.6 Å². The van der Waals surface area contributed by atoms with Gasteiger partial charge in [-0.3, -0.25) is 0 Å². The minimum absolute atomic E-state index is 0.114. The number of hydrogen-bond donors (Lipinski definition) is 1. The van der Waals surface area contributed by atoms with Gasteiger partial charge in [-0.2, -0.15) is 15.3 Å². The highest BCUT2D eigenvalue weighted by Gasteiger charge is 2.12. The molecule has 134 valence electrons. The van der Waals surface area contributed by atoms with E-state index in [0.717, 1.165) is 5.56 Å². The first-order chi connectivity index (χ1) is 12.6. The van der Waals surface area contributed by atoms with Crippen LogP contribution < -0.4 is 14.9 Å². The quantitative estimate of drug-likeness (QED) is 0.417. The Morgan fingerprint density at radius 2 is 2.23 bits per heavy atom. The number of nitrogens with one attached hydrogen (secondary N) is 1. The molecule has 0 saturated heterocycles. The Bertz CT molecular complexity index is 862. The van der Waals surface area contributed by atoms with Gasteiger partial charge in [-0.05, 0) is 37.6 Å². The van der Waals surface area contributed by atoms with Crippen LogP contribution in [0.4, 0.5) is 5.88 Å². The third-order valence-electron chi connectivity index (χ3n) is 3.10. The maximum atomic E-state index is 9.10. The Labute approximate surface area is 152 Å². The van der Waals surface area contributed by atoms with E-state index < -0.39 is 0 Å². The van der Waals surface area contributed by atoms with Gasteiger partial charge in [0.05, 0.1) is 12.8 Å². The van der Waals surface area contributed by atoms with Gasteiger partial charge in [-0.15, -0.1) is 0 Å². The fourth-order valence-corrected chi connectivity index (χ4v) is 1.96. The molecule has 0 atom stereocenters. The number of ether oxygens (including phenoxy) is 2. The van der Waals surface area contributed by atoms with Crippen LogP contribution in [0.3, 0.4) is 0 Å². The summed E-state index contributed by atoms with van der Waals surface area (Å²) in [4.78, 5) is 4.02. The van der Waals surface area contributed by atoms with Crippen molar-refractivity contribution < 1.29 is 13.9 Å². The molecule has 0 fully saturated rings. The summed E-state index contributed by atoms with van der Waals surface area (Å²) < 4.78 is 16.6. The summed E-state index contributed by atoms with van der Waals surface area (Å²) in [6.07, 6.45) is 3.24. The Balaban J connectivity index is 2.15. The molecule has 0 unspecified atom stereocenters. The van der Waals surface area contributed by atoms with Gasteiger partial charge in [0.25, 0.3) is 5.88 Å². The minimum Gasteiger partial charge on any atom is -0.490 e. The van der Waals surface area contributed by atoms with Crippen molar-refractivity contribution in [1.82, 2.24) is 4.98 Å². The monoisotopic (exact) mass is 352 g/mol. The van der Waals surface area contributed by atoms with Gasteiger partial charge in [0.15, 0.2) is 11.5 Å². The van der Waals surface area contributed by atoms with Crippen LogP contribution in [0.2, 0.25) is 0 Å². The first kappa shape index (κ1) is 18.8. The topological polar surface area (TPSA) is 92.7 Å². The highest BCUT2D eigenvalue weighted by molar-refractivity contribution is 5.81. The van der Waals surface area contributed by atoms with Gasteiger partial charge >= 0.3 is 0 Å². The highest BCUT2D eigenvalue weighted by atomic mass is 16.5. The van der Waals surface area contributed by atoms with Crippen molar-refractivity contribution in [1.29, 1.82) is 5.26 Å². The molecule has 2 aromatic rings. The number of anilines is 1. The Morgan fingerprint density at radius 3 is 2.88 bits per heavy atom. The van der Waals surface area contributed by atoms with Gasteiger partial charge in [-0.25, -0.2) is 5.43 Å². The molecular weight excluding hydrogens is 332 g/mol. The molecule has 0 bridgehead atoms. The zero-order chi connectivity index (χ0) is 18.9. The molecule has 0 amide bonds. The second kappa shape index (κ2) is 9.08. The smallest absolute Gasteiger partial charge is 0.252 e. The number of benzene rings is 1. The SMILES string of the molecule is C=CCOc1ccc(/C=N/Nc2oc(C(=C)C)nc2C#N)cc1OCC. The van der Waals surface area contributed by atoms with Crippen LogP contribution in [-0.2, 0) is 0 Å². The van der Waals surface area contributed by atoms with E-state index in [1.165, 1.54) is 0 Å². The van der Waals surface area contributed by atoms with Crippen molar-refractivity contribution in [3.8, 4) is 17.6 Å². The largest absolute Gasteiger partial charge is 0.490 e. The predicted octanol–water partition coefficient (Wildman–Crippen LogP) is 3.99. The number of nitriles is 1.